The van der Waals surface area contributed by atoms with Gasteiger partial charge in [0.15, 0.2) is 0 Å². The van der Waals surface area contributed by atoms with Crippen molar-refractivity contribution >= 4 is 225 Å². The molecule has 2 unspecified atom stereocenters. The SMILES string of the molecule is CC(=O)NCCNc1ccnc2cc(Cl)ccc12.CC(C)C(CO)Nc1ccnc2cc(Cl)ccc12.CC(Nc1ccnc2cc(Cl)ccc12)c1ccccn1.Clc1ccc2c(NCc3ccccc3)ccnc2c1.Clc1ccc2c(NCc3cccs3)ccnc2c1.Clc1ccc2c(NN3CCOCC3)ccnc2c1.NS(=O)(=O)c1ccc(CCNc2ccnc3cc(Cl)ccc23)cc1. The highest BCUT2D eigenvalue weighted by molar-refractivity contribution is 7.89. The fourth-order valence-corrected chi connectivity index (χ4v) is 16.6. The first-order chi connectivity index (χ1) is 65.4. The zero-order chi connectivity index (χ0) is 95.0. The number of hydrogen-bond donors (Lipinski definition) is 10. The third-order valence-corrected chi connectivity index (χ3v) is 24.7. The fraction of sp³-hybridized carbons (Fsp3) is 0.175. The highest BCUT2D eigenvalue weighted by Crippen LogP contribution is 2.34. The number of nitrogens with two attached hydrogens (primary N) is 1. The summed E-state index contributed by atoms with van der Waals surface area (Å²) in [5.41, 5.74) is 20.1. The van der Waals surface area contributed by atoms with E-state index in [-0.39, 0.29) is 29.5 Å². The lowest BCUT2D eigenvalue weighted by molar-refractivity contribution is -0.118. The van der Waals surface area contributed by atoms with Crippen LogP contribution in [0.2, 0.25) is 35.2 Å². The number of benzene rings is 9. The van der Waals surface area contributed by atoms with E-state index < -0.39 is 10.0 Å². The summed E-state index contributed by atoms with van der Waals surface area (Å²) in [6.45, 7) is 14.7. The molecule has 135 heavy (non-hydrogen) atoms. The van der Waals surface area contributed by atoms with Gasteiger partial charge >= 0.3 is 0 Å². The molecule has 0 saturated carbocycles. The number of rotatable bonds is 24. The third kappa shape index (κ3) is 30.0. The van der Waals surface area contributed by atoms with E-state index in [2.05, 4.69) is 138 Å². The average Bonchev–Trinajstić information content (AvgIpc) is 0.908. The number of aliphatic hydroxyl groups excluding tert-OH is 1. The van der Waals surface area contributed by atoms with E-state index >= 15 is 0 Å². The summed E-state index contributed by atoms with van der Waals surface area (Å²) in [6, 6.07) is 80.7. The summed E-state index contributed by atoms with van der Waals surface area (Å²) in [5.74, 6) is 0.327. The van der Waals surface area contributed by atoms with Gasteiger partial charge < -0.3 is 52.5 Å². The molecule has 19 rings (SSSR count). The van der Waals surface area contributed by atoms with Gasteiger partial charge in [0.1, 0.15) is 0 Å². The van der Waals surface area contributed by atoms with Crippen molar-refractivity contribution in [1.29, 1.82) is 0 Å². The molecule has 0 aliphatic carbocycles. The van der Waals surface area contributed by atoms with Gasteiger partial charge in [-0.15, -0.1) is 11.3 Å². The number of ether oxygens (including phenoxy) is 1. The molecule has 9 aromatic carbocycles. The number of hydrogen-bond acceptors (Lipinski definition) is 22. The van der Waals surface area contributed by atoms with E-state index in [0.29, 0.717) is 60.7 Å². The van der Waals surface area contributed by atoms with Crippen LogP contribution in [0.4, 0.5) is 39.8 Å². The molecule has 1 fully saturated rings. The second-order valence-electron chi connectivity index (χ2n) is 31.2. The molecule has 10 heterocycles. The van der Waals surface area contributed by atoms with Crippen LogP contribution in [-0.4, -0.2) is 123 Å². The number of pyridine rings is 8. The number of thiophene rings is 1. The molecule has 11 N–H and O–H groups in total. The summed E-state index contributed by atoms with van der Waals surface area (Å²) in [6.07, 6.45) is 15.0. The first kappa shape index (κ1) is 100. The minimum Gasteiger partial charge on any atom is -0.394 e. The number of primary sulfonamides is 1. The van der Waals surface area contributed by atoms with Gasteiger partial charge in [-0.3, -0.25) is 44.7 Å². The number of nitrogens with zero attached hydrogens (tertiary/aromatic N) is 9. The Morgan fingerprint density at radius 3 is 1.19 bits per heavy atom. The van der Waals surface area contributed by atoms with Gasteiger partial charge in [0.05, 0.1) is 86.8 Å². The topological polar surface area (TPSA) is 309 Å². The molecule has 23 nitrogen and oxygen atoms in total. The molecular weight excluding hydrogens is 1880 g/mol. The summed E-state index contributed by atoms with van der Waals surface area (Å²) in [5, 5.41) is 54.0. The molecule has 1 amide bonds. The van der Waals surface area contributed by atoms with E-state index in [9.17, 15) is 18.3 Å². The maximum absolute atomic E-state index is 11.2. The fourth-order valence-electron chi connectivity index (χ4n) is 14.2. The summed E-state index contributed by atoms with van der Waals surface area (Å²) in [4.78, 5) is 46.7. The van der Waals surface area contributed by atoms with E-state index in [1.54, 1.807) is 73.0 Å². The van der Waals surface area contributed by atoms with Crippen LogP contribution >= 0.6 is 92.5 Å². The Labute approximate surface area is 823 Å². The van der Waals surface area contributed by atoms with Gasteiger partial charge in [-0.05, 0) is 236 Å². The molecule has 32 heteroatoms. The van der Waals surface area contributed by atoms with Gasteiger partial charge in [-0.25, -0.2) is 18.6 Å². The first-order valence-corrected chi connectivity index (χ1v) is 48.3. The quantitative estimate of drug-likeness (QED) is 0.0251. The predicted octanol–water partition coefficient (Wildman–Crippen LogP) is 25.0. The number of nitrogens with one attached hydrogen (secondary N) is 8. The Bertz CT molecular complexity index is 7080. The predicted molar refractivity (Wildman–Crippen MR) is 561 cm³/mol. The standard InChI is InChI=1S/C17H16ClN3O2S.C16H14ClN3.C16H13ClN2.C14H17ClN2O.C14H11ClN2S.2C13H14ClN3O/c18-13-3-6-15-16(8-10-21-17(15)11-13)20-9-7-12-1-4-14(5-2-12)24(19,22)23;1-11(14-4-2-3-8-18-14)20-15-7-9-19-16-10-12(17)5-6-13(15)16;17-13-6-7-14-15(8-9-18-16(14)10-13)19-11-12-4-2-1-3-5-12;1-9(2)14(8-18)17-12-5-6-16-13-7-10(15)3-4-11(12)13;15-10-3-4-12-13(5-6-16-14(12)8-10)17-9-11-2-1-7-18-11;14-10-1-2-11-12(3-4-15-13(11)9-10)16-17-5-7-18-8-6-17;1-9(18)15-6-7-17-12-4-5-16-13-8-10(14)2-3-11(12)13/h1-6,8,10-11H,7,9H2,(H,20,21)(H2,19,22,23);2-11H,1H3,(H,19,20);1-10H,11H2,(H,18,19);3-7,9,14,18H,8H2,1-2H3,(H,16,17);1-8H,9H2,(H,16,17);1-4,9H,5-8H2,(H,15,16);2-5,8H,6-7H2,1H3,(H,15,18)(H,16,17). The largest absolute Gasteiger partial charge is 0.394 e. The zero-order valence-corrected chi connectivity index (χ0v) is 81.0. The number of fused-ring (bicyclic) bond motifs is 7. The molecule has 0 spiro atoms. The third-order valence-electron chi connectivity index (χ3n) is 21.2. The number of carbonyl (C=O) groups is 1. The number of halogens is 7. The number of amides is 1. The minimum absolute atomic E-state index is 0.0248. The molecule has 1 aliphatic heterocycles. The van der Waals surface area contributed by atoms with Gasteiger partial charge in [0, 0.05) is 214 Å². The average molecular weight is 1980 g/mol. The highest BCUT2D eigenvalue weighted by Gasteiger charge is 2.17. The summed E-state index contributed by atoms with van der Waals surface area (Å²) < 4.78 is 27.8. The van der Waals surface area contributed by atoms with Crippen LogP contribution in [0.5, 0.6) is 0 Å². The molecule has 2 atom stereocenters. The molecule has 9 aromatic heterocycles. The second kappa shape index (κ2) is 50.2. The van der Waals surface area contributed by atoms with Crippen LogP contribution in [-0.2, 0) is 39.1 Å². The Kier molecular flexibility index (Phi) is 37.2. The van der Waals surface area contributed by atoms with Crippen molar-refractivity contribution in [3.8, 4) is 0 Å². The molecular formula is C103H99Cl7N18O5S2. The number of morpholine rings is 1. The van der Waals surface area contributed by atoms with E-state index in [1.807, 2.05) is 206 Å². The van der Waals surface area contributed by atoms with Crippen molar-refractivity contribution in [2.24, 2.45) is 11.1 Å². The van der Waals surface area contributed by atoms with Gasteiger partial charge in [0.2, 0.25) is 15.9 Å². The number of aliphatic hydroxyl groups is 1. The Morgan fingerprint density at radius 1 is 0.415 bits per heavy atom. The summed E-state index contributed by atoms with van der Waals surface area (Å²) in [7, 11) is -3.64. The van der Waals surface area contributed by atoms with Crippen molar-refractivity contribution in [3.63, 3.8) is 0 Å². The number of sulfonamides is 1. The van der Waals surface area contributed by atoms with Crippen molar-refractivity contribution in [1.82, 2.24) is 50.2 Å². The lowest BCUT2D eigenvalue weighted by Gasteiger charge is -2.28. The summed E-state index contributed by atoms with van der Waals surface area (Å²) >= 11 is 43.5. The highest BCUT2D eigenvalue weighted by atomic mass is 35.5. The van der Waals surface area contributed by atoms with Crippen molar-refractivity contribution in [2.45, 2.75) is 64.2 Å². The Hall–Kier alpha value is -12.4. The van der Waals surface area contributed by atoms with Crippen LogP contribution in [0.25, 0.3) is 76.3 Å². The number of anilines is 7. The van der Waals surface area contributed by atoms with Crippen molar-refractivity contribution < 1.29 is 23.1 Å². The molecule has 1 aliphatic rings. The van der Waals surface area contributed by atoms with Gasteiger partial charge in [-0.1, -0.05) is 150 Å². The maximum atomic E-state index is 11.2. The number of hydrazine groups is 1. The van der Waals surface area contributed by atoms with Crippen LogP contribution in [0, 0.1) is 5.92 Å². The normalized spacial score (nSPS) is 12.2. The van der Waals surface area contributed by atoms with E-state index in [1.165, 1.54) is 29.5 Å². The lowest BCUT2D eigenvalue weighted by Crippen LogP contribution is -2.40. The van der Waals surface area contributed by atoms with Crippen LogP contribution in [0.15, 0.2) is 315 Å². The smallest absolute Gasteiger partial charge is 0.238 e. The zero-order valence-electron chi connectivity index (χ0n) is 74.1. The lowest BCUT2D eigenvalue weighted by atomic mass is 10.0. The molecule has 0 radical (unpaired) electrons. The molecule has 692 valence electrons. The second-order valence-corrected chi connectivity index (χ2v) is 36.8. The number of carbonyl (C=O) groups excluding carboxylic acids is 1. The van der Waals surface area contributed by atoms with Crippen LogP contribution in [0.3, 0.4) is 0 Å². The Balaban J connectivity index is 0.000000134. The van der Waals surface area contributed by atoms with Crippen molar-refractivity contribution in [2.75, 3.05) is 89.9 Å². The molecule has 18 aromatic rings. The monoisotopic (exact) mass is 1980 g/mol. The number of aromatic nitrogens is 8. The van der Waals surface area contributed by atoms with E-state index in [4.69, 9.17) is 91.1 Å². The van der Waals surface area contributed by atoms with Gasteiger partial charge in [-0.2, -0.15) is 0 Å². The van der Waals surface area contributed by atoms with Gasteiger partial charge in [0.25, 0.3) is 0 Å². The minimum atomic E-state index is -3.64. The van der Waals surface area contributed by atoms with Crippen molar-refractivity contribution in [3.05, 3.63) is 367 Å². The molecule has 1 saturated heterocycles. The maximum Gasteiger partial charge on any atom is 0.238 e. The Morgan fingerprint density at radius 2 is 0.800 bits per heavy atom. The molecule has 0 bridgehead atoms. The van der Waals surface area contributed by atoms with Crippen LogP contribution in [0.1, 0.15) is 55.4 Å². The first-order valence-electron chi connectivity index (χ1n) is 43.3. The van der Waals surface area contributed by atoms with Crippen LogP contribution < -0.4 is 47.8 Å². The van der Waals surface area contributed by atoms with E-state index in [0.717, 1.165) is 173 Å².